The van der Waals surface area contributed by atoms with Crippen LogP contribution in [-0.4, -0.2) is 24.1 Å². The van der Waals surface area contributed by atoms with E-state index < -0.39 is 5.95 Å². The first-order valence-electron chi connectivity index (χ1n) is 16.9. The number of aromatic nitrogens is 1. The van der Waals surface area contributed by atoms with Gasteiger partial charge in [0, 0.05) is 52.8 Å². The van der Waals surface area contributed by atoms with E-state index in [1.807, 2.05) is 6.07 Å². The molecule has 2 aliphatic heterocycles. The maximum absolute atomic E-state index is 14.0. The van der Waals surface area contributed by atoms with Crippen LogP contribution in [0.15, 0.2) is 108 Å². The van der Waals surface area contributed by atoms with Crippen LogP contribution in [0.25, 0.3) is 5.57 Å². The number of pyridine rings is 1. The molecule has 0 N–H and O–H groups in total. The summed E-state index contributed by atoms with van der Waals surface area (Å²) >= 11 is 0. The van der Waals surface area contributed by atoms with Gasteiger partial charge >= 0.3 is 0 Å². The lowest BCUT2D eigenvalue weighted by atomic mass is 9.79. The Morgan fingerprint density at radius 3 is 2.27 bits per heavy atom. The van der Waals surface area contributed by atoms with Gasteiger partial charge in [-0.15, -0.1) is 0 Å². The van der Waals surface area contributed by atoms with E-state index >= 15 is 0 Å². The van der Waals surface area contributed by atoms with Crippen LogP contribution >= 0.6 is 0 Å². The van der Waals surface area contributed by atoms with Crippen molar-refractivity contribution in [2.45, 2.75) is 90.5 Å². The third-order valence-corrected chi connectivity index (χ3v) is 10.2. The Morgan fingerprint density at radius 1 is 0.844 bits per heavy atom. The Morgan fingerprint density at radius 2 is 1.56 bits per heavy atom. The molecular weight excluding hydrogens is 552 g/mol. The zero-order valence-corrected chi connectivity index (χ0v) is 27.9. The summed E-state index contributed by atoms with van der Waals surface area (Å²) in [5.41, 5.74) is 11.5. The molecule has 45 heavy (non-hydrogen) atoms. The molecule has 3 heterocycles. The molecule has 3 aromatic rings. The summed E-state index contributed by atoms with van der Waals surface area (Å²) in [5, 5.41) is 0. The highest BCUT2D eigenvalue weighted by atomic mass is 18.2. The van der Waals surface area contributed by atoms with Crippen molar-refractivity contribution in [3.05, 3.63) is 131 Å². The number of fused-ring (bicyclic) bond motifs is 2. The second-order valence-corrected chi connectivity index (χ2v) is 13.9. The maximum Gasteiger partial charge on any atom is 0.212 e. The van der Waals surface area contributed by atoms with E-state index in [4.69, 9.17) is 0 Å². The fourth-order valence-electron chi connectivity index (χ4n) is 7.96. The quantitative estimate of drug-likeness (QED) is 0.240. The van der Waals surface area contributed by atoms with Crippen LogP contribution in [0, 0.1) is 5.95 Å². The van der Waals surface area contributed by atoms with Crippen molar-refractivity contribution in [1.29, 1.82) is 0 Å². The van der Waals surface area contributed by atoms with Crippen molar-refractivity contribution in [3.63, 3.8) is 0 Å². The summed E-state index contributed by atoms with van der Waals surface area (Å²) in [6, 6.07) is 21.4. The number of hydrogen-bond acceptors (Lipinski definition) is 3. The topological polar surface area (TPSA) is 19.4 Å². The van der Waals surface area contributed by atoms with Crippen molar-refractivity contribution in [2.75, 3.05) is 22.9 Å². The second kappa shape index (κ2) is 12.5. The van der Waals surface area contributed by atoms with Crippen LogP contribution in [0.1, 0.15) is 90.3 Å². The van der Waals surface area contributed by atoms with Crippen LogP contribution in [0.3, 0.4) is 0 Å². The van der Waals surface area contributed by atoms with Crippen molar-refractivity contribution >= 4 is 16.9 Å². The highest BCUT2D eigenvalue weighted by Gasteiger charge is 2.43. The van der Waals surface area contributed by atoms with E-state index in [1.54, 1.807) is 6.20 Å². The smallest absolute Gasteiger partial charge is 0.212 e. The predicted molar refractivity (Wildman–Crippen MR) is 188 cm³/mol. The van der Waals surface area contributed by atoms with Gasteiger partial charge in [0.05, 0.1) is 6.04 Å². The van der Waals surface area contributed by atoms with Gasteiger partial charge in [0.1, 0.15) is 0 Å². The number of halogens is 1. The van der Waals surface area contributed by atoms with E-state index in [1.165, 1.54) is 51.0 Å². The summed E-state index contributed by atoms with van der Waals surface area (Å²) < 4.78 is 14.0. The number of nitrogens with zero attached hydrogens (tertiary/aromatic N) is 3. The lowest BCUT2D eigenvalue weighted by Gasteiger charge is -2.32. The molecule has 0 saturated carbocycles. The molecule has 1 atom stereocenters. The zero-order chi connectivity index (χ0) is 31.8. The molecule has 1 aromatic heterocycles. The Hall–Kier alpha value is -3.92. The highest BCUT2D eigenvalue weighted by molar-refractivity contribution is 5.84. The summed E-state index contributed by atoms with van der Waals surface area (Å²) in [4.78, 5) is 9.17. The van der Waals surface area contributed by atoms with Crippen LogP contribution in [0.4, 0.5) is 15.8 Å². The molecule has 2 aromatic carbocycles. The molecule has 0 bridgehead atoms. The minimum Gasteiger partial charge on any atom is -0.364 e. The van der Waals surface area contributed by atoms with Gasteiger partial charge < -0.3 is 9.80 Å². The van der Waals surface area contributed by atoms with Crippen LogP contribution in [0.2, 0.25) is 0 Å². The fourth-order valence-corrected chi connectivity index (χ4v) is 7.96. The number of allylic oxidation sites excluding steroid dienone is 7. The molecule has 4 heteroatoms. The number of para-hydroxylation sites is 2. The van der Waals surface area contributed by atoms with Gasteiger partial charge in [0.15, 0.2) is 0 Å². The van der Waals surface area contributed by atoms with E-state index in [2.05, 4.69) is 129 Å². The standard InChI is InChI=1S/C41H48FN3/c1-7-26-44-34-18-11-9-16-32(34)40(3,4)36(44)23-20-29-14-13-15-30(39(29)31-22-25-38(42)43-28-31)21-24-37-41(5,6)33-17-10-12-19-35(33)45(37)27-8-2/h9-12,16-25,28,36H,7-8,13-15,26-27H2,1-6H3/b23-20+,30-21-,37-24+/i42-1. The Labute approximate surface area is 269 Å². The van der Waals surface area contributed by atoms with Gasteiger partial charge in [-0.2, -0.15) is 4.39 Å². The molecule has 0 fully saturated rings. The lowest BCUT2D eigenvalue weighted by Crippen LogP contribution is -2.40. The largest absolute Gasteiger partial charge is 0.364 e. The molecule has 3 nitrogen and oxygen atoms in total. The molecule has 6 rings (SSSR count). The van der Waals surface area contributed by atoms with Crippen molar-refractivity contribution in [1.82, 2.24) is 4.98 Å². The molecule has 1 unspecified atom stereocenters. The Bertz CT molecular complexity index is 1670. The number of rotatable bonds is 8. The van der Waals surface area contributed by atoms with E-state index in [0.717, 1.165) is 50.8 Å². The van der Waals surface area contributed by atoms with Crippen LogP contribution in [-0.2, 0) is 10.8 Å². The van der Waals surface area contributed by atoms with Gasteiger partial charge in [0.25, 0.3) is 0 Å². The average molecular weight is 601 g/mol. The predicted octanol–water partition coefficient (Wildman–Crippen LogP) is 10.3. The second-order valence-electron chi connectivity index (χ2n) is 13.9. The third kappa shape index (κ3) is 5.58. The molecule has 0 spiro atoms. The van der Waals surface area contributed by atoms with E-state index in [9.17, 15) is 4.39 Å². The summed E-state index contributed by atoms with van der Waals surface area (Å²) in [6.07, 6.45) is 16.5. The normalized spacial score (nSPS) is 22.2. The molecule has 234 valence electrons. The first-order valence-corrected chi connectivity index (χ1v) is 16.9. The molecule has 1 aliphatic carbocycles. The van der Waals surface area contributed by atoms with Gasteiger partial charge in [-0.05, 0) is 90.3 Å². The first kappa shape index (κ1) is 31.1. The minimum absolute atomic E-state index is 0.00995. The van der Waals surface area contributed by atoms with Crippen molar-refractivity contribution in [2.24, 2.45) is 0 Å². The molecular formula is C41H48FN3. The summed E-state index contributed by atoms with van der Waals surface area (Å²) in [5.74, 6) is -0.443. The average Bonchev–Trinajstić information content (AvgIpc) is 3.38. The zero-order valence-electron chi connectivity index (χ0n) is 27.9. The number of anilines is 2. The molecule has 0 saturated heterocycles. The summed E-state index contributed by atoms with van der Waals surface area (Å²) in [6.45, 7) is 15.9. The Balaban J connectivity index is 1.44. The van der Waals surface area contributed by atoms with Gasteiger partial charge in [0.2, 0.25) is 5.95 Å². The first-order chi connectivity index (χ1) is 21.7. The number of benzene rings is 2. The maximum atomic E-state index is 14.0. The van der Waals surface area contributed by atoms with E-state index in [0.29, 0.717) is 0 Å². The highest BCUT2D eigenvalue weighted by Crippen LogP contribution is 2.49. The minimum atomic E-state index is -0.443. The van der Waals surface area contributed by atoms with E-state index in [-0.39, 0.29) is 16.9 Å². The van der Waals surface area contributed by atoms with Crippen molar-refractivity contribution in [3.8, 4) is 0 Å². The van der Waals surface area contributed by atoms with Crippen molar-refractivity contribution < 1.29 is 4.39 Å². The molecule has 0 radical (unpaired) electrons. The fraction of sp³-hybridized carbons (Fsp3) is 0.390. The van der Waals surface area contributed by atoms with Crippen LogP contribution < -0.4 is 9.80 Å². The Kier molecular flexibility index (Phi) is 8.61. The summed E-state index contributed by atoms with van der Waals surface area (Å²) in [7, 11) is 0. The van der Waals surface area contributed by atoms with Crippen LogP contribution in [0.5, 0.6) is 0 Å². The monoisotopic (exact) mass is 600 g/mol. The SMILES string of the molecule is CCCN1/C(=C/C=C2/CCCC(/C=C/C3N(CCC)c4ccccc4C3(C)C)=C2c2ccc([18F])nc2)C(C)(C)c2ccccc21. The molecule has 3 aliphatic rings. The van der Waals surface area contributed by atoms with Gasteiger partial charge in [-0.1, -0.05) is 96.2 Å². The number of hydrogen-bond donors (Lipinski definition) is 0. The van der Waals surface area contributed by atoms with Gasteiger partial charge in [-0.25, -0.2) is 4.98 Å². The lowest BCUT2D eigenvalue weighted by molar-refractivity contribution is 0.473. The third-order valence-electron chi connectivity index (χ3n) is 10.2. The van der Waals surface area contributed by atoms with Gasteiger partial charge in [-0.3, -0.25) is 0 Å². The molecule has 0 amide bonds.